The van der Waals surface area contributed by atoms with E-state index < -0.39 is 11.7 Å². The minimum atomic E-state index is -0.596. The van der Waals surface area contributed by atoms with E-state index in [1.54, 1.807) is 19.1 Å². The Labute approximate surface area is 184 Å². The van der Waals surface area contributed by atoms with Crippen LogP contribution in [-0.4, -0.2) is 47.8 Å². The van der Waals surface area contributed by atoms with E-state index in [2.05, 4.69) is 45.4 Å². The number of hydrogen-bond donors (Lipinski definition) is 2. The van der Waals surface area contributed by atoms with Gasteiger partial charge < -0.3 is 19.7 Å². The number of benzene rings is 1. The van der Waals surface area contributed by atoms with Crippen LogP contribution in [-0.2, 0) is 0 Å². The van der Waals surface area contributed by atoms with Gasteiger partial charge in [-0.1, -0.05) is 17.3 Å². The zero-order chi connectivity index (χ0) is 22.4. The average Bonchev–Trinajstić information content (AvgIpc) is 3.51. The molecule has 32 heavy (non-hydrogen) atoms. The maximum atomic E-state index is 15.0. The Morgan fingerprint density at radius 1 is 1.31 bits per heavy atom. The second kappa shape index (κ2) is 7.69. The number of nitrogens with one attached hydrogen (secondary N) is 2. The Morgan fingerprint density at radius 2 is 2.16 bits per heavy atom. The predicted octanol–water partition coefficient (Wildman–Crippen LogP) is 2.72. The Bertz CT molecular complexity index is 1210. The number of anilines is 1. The molecule has 2 aromatic rings. The summed E-state index contributed by atoms with van der Waals surface area (Å²) in [6, 6.07) is 6.27. The van der Waals surface area contributed by atoms with Gasteiger partial charge in [0.05, 0.1) is 17.0 Å². The second-order valence-corrected chi connectivity index (χ2v) is 7.96. The van der Waals surface area contributed by atoms with Gasteiger partial charge in [0.25, 0.3) is 5.91 Å². The van der Waals surface area contributed by atoms with Gasteiger partial charge in [-0.2, -0.15) is 0 Å². The molecule has 5 rings (SSSR count). The van der Waals surface area contributed by atoms with E-state index in [4.69, 9.17) is 4.52 Å². The highest BCUT2D eigenvalue weighted by Crippen LogP contribution is 2.32. The van der Waals surface area contributed by atoms with Crippen molar-refractivity contribution in [2.75, 3.05) is 25.5 Å². The van der Waals surface area contributed by atoms with E-state index in [0.29, 0.717) is 11.3 Å². The maximum absolute atomic E-state index is 15.0. The van der Waals surface area contributed by atoms with Crippen LogP contribution in [0.25, 0.3) is 5.70 Å². The predicted molar refractivity (Wildman–Crippen MR) is 118 cm³/mol. The Balaban J connectivity index is 1.39. The van der Waals surface area contributed by atoms with E-state index in [1.807, 2.05) is 18.3 Å². The third kappa shape index (κ3) is 3.46. The molecule has 0 fully saturated rings. The molecule has 0 bridgehead atoms. The van der Waals surface area contributed by atoms with Crippen LogP contribution in [0.3, 0.4) is 0 Å². The number of allylic oxidation sites excluding steroid dienone is 1. The van der Waals surface area contributed by atoms with Crippen molar-refractivity contribution in [1.29, 1.82) is 0 Å². The number of fused-ring (bicyclic) bond motifs is 1. The average molecular weight is 434 g/mol. The number of nitrogens with zero attached hydrogens (tertiary/aromatic N) is 4. The summed E-state index contributed by atoms with van der Waals surface area (Å²) in [5.74, 6) is -0.837. The quantitative estimate of drug-likeness (QED) is 0.766. The summed E-state index contributed by atoms with van der Waals surface area (Å²) in [6.07, 6.45) is 10.1. The molecule has 164 valence electrons. The van der Waals surface area contributed by atoms with Crippen molar-refractivity contribution in [3.63, 3.8) is 0 Å². The van der Waals surface area contributed by atoms with Gasteiger partial charge >= 0.3 is 0 Å². The van der Waals surface area contributed by atoms with Gasteiger partial charge in [0.15, 0.2) is 0 Å². The van der Waals surface area contributed by atoms with Crippen molar-refractivity contribution in [2.24, 2.45) is 0 Å². The molecule has 0 saturated heterocycles. The lowest BCUT2D eigenvalue weighted by atomic mass is 10.0. The summed E-state index contributed by atoms with van der Waals surface area (Å²) in [4.78, 5) is 16.1. The van der Waals surface area contributed by atoms with Gasteiger partial charge in [0, 0.05) is 50.9 Å². The van der Waals surface area contributed by atoms with Crippen LogP contribution >= 0.6 is 0 Å². The molecule has 2 N–H and O–H groups in total. The van der Waals surface area contributed by atoms with Crippen LogP contribution in [0.1, 0.15) is 21.6 Å². The molecule has 8 nitrogen and oxygen atoms in total. The van der Waals surface area contributed by atoms with Crippen LogP contribution < -0.4 is 15.6 Å². The first-order valence-electron chi connectivity index (χ1n) is 10.2. The fourth-order valence-corrected chi connectivity index (χ4v) is 3.93. The van der Waals surface area contributed by atoms with Crippen LogP contribution in [0.5, 0.6) is 0 Å². The molecule has 1 amide bonds. The number of halogens is 1. The first kappa shape index (κ1) is 20.1. The number of hydrazine groups is 1. The number of hydrogen-bond acceptors (Lipinski definition) is 7. The molecule has 1 unspecified atom stereocenters. The summed E-state index contributed by atoms with van der Waals surface area (Å²) >= 11 is 0. The van der Waals surface area contributed by atoms with Crippen molar-refractivity contribution in [1.82, 2.24) is 25.8 Å². The van der Waals surface area contributed by atoms with Gasteiger partial charge in [0.2, 0.25) is 5.88 Å². The van der Waals surface area contributed by atoms with E-state index >= 15 is 4.39 Å². The smallest absolute Gasteiger partial charge is 0.263 e. The second-order valence-electron chi connectivity index (χ2n) is 7.96. The molecular weight excluding hydrogens is 411 g/mol. The number of aryl methyl sites for hydroxylation is 1. The van der Waals surface area contributed by atoms with Crippen LogP contribution in [0, 0.1) is 12.7 Å². The van der Waals surface area contributed by atoms with Crippen LogP contribution in [0.2, 0.25) is 0 Å². The molecule has 1 atom stereocenters. The molecule has 0 spiro atoms. The maximum Gasteiger partial charge on any atom is 0.263 e. The third-order valence-electron chi connectivity index (χ3n) is 5.69. The standard InChI is InChI=1S/C23H23FN6O2/c1-14-8-22(32-27-14)29(3)23(31)18-6-4-15(9-19(18)24)20-11-25-21-7-5-16(13-30(20)21)17-10-26-28(2)12-17/h4-9,11-13,21,25-26H,10H2,1-3H3. The SMILES string of the molecule is Cc1cc(N(C)C(=O)c2ccc(C3=CNC4C=CC(C5=CN(C)NC5)=CN34)cc2F)on1. The normalized spacial score (nSPS) is 19.4. The molecule has 3 aliphatic rings. The monoisotopic (exact) mass is 434 g/mol. The topological polar surface area (TPSA) is 76.9 Å². The minimum Gasteiger partial charge on any atom is -0.366 e. The van der Waals surface area contributed by atoms with Gasteiger partial charge in [-0.05, 0) is 36.3 Å². The van der Waals surface area contributed by atoms with Crippen LogP contribution in [0.4, 0.5) is 10.3 Å². The molecule has 1 aromatic heterocycles. The van der Waals surface area contributed by atoms with Crippen molar-refractivity contribution in [2.45, 2.75) is 13.1 Å². The van der Waals surface area contributed by atoms with Gasteiger partial charge in [0.1, 0.15) is 12.0 Å². The lowest BCUT2D eigenvalue weighted by molar-refractivity contribution is 0.0983. The zero-order valence-corrected chi connectivity index (χ0v) is 18.0. The summed E-state index contributed by atoms with van der Waals surface area (Å²) < 4.78 is 20.1. The van der Waals surface area contributed by atoms with Gasteiger partial charge in [-0.3, -0.25) is 9.69 Å². The minimum absolute atomic E-state index is 0.0339. The highest BCUT2D eigenvalue weighted by atomic mass is 19.1. The Hall–Kier alpha value is -3.85. The number of carbonyl (C=O) groups is 1. The van der Waals surface area contributed by atoms with E-state index in [1.165, 1.54) is 29.7 Å². The highest BCUT2D eigenvalue weighted by Gasteiger charge is 2.28. The Morgan fingerprint density at radius 3 is 2.84 bits per heavy atom. The molecule has 3 aliphatic heterocycles. The summed E-state index contributed by atoms with van der Waals surface area (Å²) in [5, 5.41) is 9.00. The number of rotatable bonds is 4. The largest absolute Gasteiger partial charge is 0.366 e. The lowest BCUT2D eigenvalue weighted by Gasteiger charge is -2.28. The Kier molecular flexibility index (Phi) is 4.82. The molecular formula is C23H23FN6O2. The van der Waals surface area contributed by atoms with E-state index in [0.717, 1.165) is 17.8 Å². The van der Waals surface area contributed by atoms with Gasteiger partial charge in [-0.15, -0.1) is 0 Å². The van der Waals surface area contributed by atoms with Crippen LogP contribution in [0.15, 0.2) is 70.7 Å². The van der Waals surface area contributed by atoms with E-state index in [-0.39, 0.29) is 17.6 Å². The third-order valence-corrected chi connectivity index (χ3v) is 5.69. The molecule has 0 radical (unpaired) electrons. The molecule has 0 saturated carbocycles. The van der Waals surface area contributed by atoms with E-state index in [9.17, 15) is 4.79 Å². The highest BCUT2D eigenvalue weighted by molar-refractivity contribution is 6.05. The van der Waals surface area contributed by atoms with Gasteiger partial charge in [-0.25, -0.2) is 9.82 Å². The molecule has 0 aliphatic carbocycles. The summed E-state index contributed by atoms with van der Waals surface area (Å²) in [5.41, 5.74) is 7.61. The number of amides is 1. The van der Waals surface area contributed by atoms with Crippen molar-refractivity contribution in [3.8, 4) is 0 Å². The van der Waals surface area contributed by atoms with Crippen molar-refractivity contribution in [3.05, 3.63) is 88.8 Å². The fraction of sp³-hybridized carbons (Fsp3) is 0.217. The first-order valence-corrected chi connectivity index (χ1v) is 10.2. The zero-order valence-electron chi connectivity index (χ0n) is 18.0. The number of carbonyl (C=O) groups excluding carboxylic acids is 1. The number of aromatic nitrogens is 1. The van der Waals surface area contributed by atoms with Crippen molar-refractivity contribution < 1.29 is 13.7 Å². The molecule has 1 aromatic carbocycles. The lowest BCUT2D eigenvalue weighted by Crippen LogP contribution is -2.33. The summed E-state index contributed by atoms with van der Waals surface area (Å²) in [6.45, 7) is 2.51. The fourth-order valence-electron chi connectivity index (χ4n) is 3.93. The molecule has 4 heterocycles. The van der Waals surface area contributed by atoms with Crippen molar-refractivity contribution >= 4 is 17.5 Å². The first-order chi connectivity index (χ1) is 15.4. The summed E-state index contributed by atoms with van der Waals surface area (Å²) in [7, 11) is 3.48. The molecule has 9 heteroatoms.